The van der Waals surface area contributed by atoms with Crippen molar-refractivity contribution in [2.45, 2.75) is 59.1 Å². The lowest BCUT2D eigenvalue weighted by atomic mass is 9.90. The number of hydrogen-bond acceptors (Lipinski definition) is 0. The average molecular weight is 210 g/mol. The van der Waals surface area contributed by atoms with E-state index >= 15 is 0 Å². The number of rotatable bonds is 6. The van der Waals surface area contributed by atoms with Crippen LogP contribution in [0.2, 0.25) is 0 Å². The van der Waals surface area contributed by atoms with Crippen LogP contribution in [-0.4, -0.2) is 12.1 Å². The summed E-state index contributed by atoms with van der Waals surface area (Å²) in [5.74, 6) is -4.02. The highest BCUT2D eigenvalue weighted by atomic mass is 19.3. The van der Waals surface area contributed by atoms with Gasteiger partial charge in [0.15, 0.2) is 6.17 Å². The Labute approximate surface area is 84.9 Å². The predicted octanol–water partition coefficient (Wildman–Crippen LogP) is 4.44. The first-order valence-electron chi connectivity index (χ1n) is 5.38. The Balaban J connectivity index is 4.24. The van der Waals surface area contributed by atoms with Crippen LogP contribution in [0.4, 0.5) is 13.2 Å². The SMILES string of the molecule is CCC(CC)CC(F)C(F)(F)C(C)C. The third-order valence-electron chi connectivity index (χ3n) is 2.88. The van der Waals surface area contributed by atoms with Crippen LogP contribution in [0.25, 0.3) is 0 Å². The van der Waals surface area contributed by atoms with Gasteiger partial charge in [-0.3, -0.25) is 0 Å². The quantitative estimate of drug-likeness (QED) is 0.608. The third-order valence-corrected chi connectivity index (χ3v) is 2.88. The number of hydrogen-bond donors (Lipinski definition) is 0. The van der Waals surface area contributed by atoms with Gasteiger partial charge in [-0.05, 0) is 12.3 Å². The van der Waals surface area contributed by atoms with E-state index in [4.69, 9.17) is 0 Å². The topological polar surface area (TPSA) is 0 Å². The van der Waals surface area contributed by atoms with Gasteiger partial charge in [-0.1, -0.05) is 40.5 Å². The summed E-state index contributed by atoms with van der Waals surface area (Å²) in [6.07, 6.45) is -0.471. The van der Waals surface area contributed by atoms with Crippen LogP contribution in [-0.2, 0) is 0 Å². The van der Waals surface area contributed by atoms with E-state index in [0.717, 1.165) is 12.8 Å². The van der Waals surface area contributed by atoms with Gasteiger partial charge >= 0.3 is 0 Å². The normalized spacial score (nSPS) is 15.2. The molecule has 14 heavy (non-hydrogen) atoms. The molecule has 0 heterocycles. The van der Waals surface area contributed by atoms with Crippen LogP contribution in [0.15, 0.2) is 0 Å². The fourth-order valence-corrected chi connectivity index (χ4v) is 1.43. The predicted molar refractivity (Wildman–Crippen MR) is 53.4 cm³/mol. The van der Waals surface area contributed by atoms with Crippen molar-refractivity contribution >= 4 is 0 Å². The van der Waals surface area contributed by atoms with Gasteiger partial charge < -0.3 is 0 Å². The first-order valence-corrected chi connectivity index (χ1v) is 5.38. The van der Waals surface area contributed by atoms with Crippen LogP contribution in [0.3, 0.4) is 0 Å². The van der Waals surface area contributed by atoms with Gasteiger partial charge in [0.2, 0.25) is 0 Å². The molecule has 0 rings (SSSR count). The molecule has 0 spiro atoms. The first-order chi connectivity index (χ1) is 6.36. The summed E-state index contributed by atoms with van der Waals surface area (Å²) < 4.78 is 39.7. The van der Waals surface area contributed by atoms with E-state index in [1.165, 1.54) is 13.8 Å². The van der Waals surface area contributed by atoms with Crippen molar-refractivity contribution in [3.05, 3.63) is 0 Å². The molecule has 0 aliphatic heterocycles. The number of alkyl halides is 3. The van der Waals surface area contributed by atoms with E-state index in [1.807, 2.05) is 13.8 Å². The summed E-state index contributed by atoms with van der Waals surface area (Å²) >= 11 is 0. The molecule has 0 aromatic heterocycles. The van der Waals surface area contributed by atoms with E-state index in [1.54, 1.807) is 0 Å². The zero-order chi connectivity index (χ0) is 11.4. The molecule has 3 heteroatoms. The molecule has 1 atom stereocenters. The molecule has 0 bridgehead atoms. The Morgan fingerprint density at radius 3 is 1.79 bits per heavy atom. The van der Waals surface area contributed by atoms with Gasteiger partial charge in [0.05, 0.1) is 0 Å². The Kier molecular flexibility index (Phi) is 5.53. The maximum Gasteiger partial charge on any atom is 0.280 e. The molecule has 0 amide bonds. The minimum Gasteiger partial charge on any atom is -0.241 e. The highest BCUT2D eigenvalue weighted by Gasteiger charge is 2.43. The van der Waals surface area contributed by atoms with Crippen LogP contribution < -0.4 is 0 Å². The third kappa shape index (κ3) is 3.50. The van der Waals surface area contributed by atoms with Gasteiger partial charge in [0, 0.05) is 5.92 Å². The van der Waals surface area contributed by atoms with Crippen molar-refractivity contribution in [1.82, 2.24) is 0 Å². The Bertz CT molecular complexity index is 151. The molecule has 1 unspecified atom stereocenters. The molecule has 0 radical (unpaired) electrons. The van der Waals surface area contributed by atoms with Crippen molar-refractivity contribution in [3.63, 3.8) is 0 Å². The fourth-order valence-electron chi connectivity index (χ4n) is 1.43. The lowest BCUT2D eigenvalue weighted by Gasteiger charge is -2.26. The highest BCUT2D eigenvalue weighted by molar-refractivity contribution is 4.81. The second-order valence-corrected chi connectivity index (χ2v) is 4.21. The van der Waals surface area contributed by atoms with E-state index in [9.17, 15) is 13.2 Å². The zero-order valence-electron chi connectivity index (χ0n) is 9.49. The fraction of sp³-hybridized carbons (Fsp3) is 1.00. The zero-order valence-corrected chi connectivity index (χ0v) is 9.49. The van der Waals surface area contributed by atoms with E-state index in [0.29, 0.717) is 0 Å². The molecule has 0 aromatic rings. The van der Waals surface area contributed by atoms with Gasteiger partial charge in [-0.25, -0.2) is 13.2 Å². The smallest absolute Gasteiger partial charge is 0.241 e. The van der Waals surface area contributed by atoms with Gasteiger partial charge in [-0.2, -0.15) is 0 Å². The summed E-state index contributed by atoms with van der Waals surface area (Å²) in [6.45, 7) is 6.54. The summed E-state index contributed by atoms with van der Waals surface area (Å²) in [4.78, 5) is 0. The molecule has 0 saturated heterocycles. The Hall–Kier alpha value is -0.210. The van der Waals surface area contributed by atoms with Crippen molar-refractivity contribution in [2.24, 2.45) is 11.8 Å². The molecule has 0 fully saturated rings. The molecule has 0 nitrogen and oxygen atoms in total. The highest BCUT2D eigenvalue weighted by Crippen LogP contribution is 2.34. The Morgan fingerprint density at radius 2 is 1.50 bits per heavy atom. The number of halogens is 3. The van der Waals surface area contributed by atoms with Gasteiger partial charge in [0.25, 0.3) is 5.92 Å². The van der Waals surface area contributed by atoms with Gasteiger partial charge in [0.1, 0.15) is 0 Å². The standard InChI is InChI=1S/C11H21F3/c1-5-9(6-2)7-10(12)11(13,14)8(3)4/h8-10H,5-7H2,1-4H3. The van der Waals surface area contributed by atoms with E-state index in [2.05, 4.69) is 0 Å². The summed E-state index contributed by atoms with van der Waals surface area (Å²) in [5, 5.41) is 0. The monoisotopic (exact) mass is 210 g/mol. The van der Waals surface area contributed by atoms with Gasteiger partial charge in [-0.15, -0.1) is 0 Å². The van der Waals surface area contributed by atoms with Crippen molar-refractivity contribution in [1.29, 1.82) is 0 Å². The molecule has 0 aliphatic carbocycles. The van der Waals surface area contributed by atoms with Crippen molar-refractivity contribution in [2.75, 3.05) is 0 Å². The van der Waals surface area contributed by atoms with E-state index < -0.39 is 18.0 Å². The summed E-state index contributed by atoms with van der Waals surface area (Å²) in [6, 6.07) is 0. The average Bonchev–Trinajstić information content (AvgIpc) is 2.13. The lowest BCUT2D eigenvalue weighted by Crippen LogP contribution is -2.36. The van der Waals surface area contributed by atoms with Crippen molar-refractivity contribution < 1.29 is 13.2 Å². The second kappa shape index (κ2) is 5.62. The minimum atomic E-state index is -3.18. The van der Waals surface area contributed by atoms with Crippen molar-refractivity contribution in [3.8, 4) is 0 Å². The lowest BCUT2D eigenvalue weighted by molar-refractivity contribution is -0.115. The largest absolute Gasteiger partial charge is 0.280 e. The molecule has 0 aliphatic rings. The molecule has 0 N–H and O–H groups in total. The maximum absolute atomic E-state index is 13.3. The summed E-state index contributed by atoms with van der Waals surface area (Å²) in [7, 11) is 0. The minimum absolute atomic E-state index is 0.0157. The molecule has 0 aromatic carbocycles. The molecular formula is C11H21F3. The Morgan fingerprint density at radius 1 is 1.07 bits per heavy atom. The van der Waals surface area contributed by atoms with E-state index in [-0.39, 0.29) is 12.3 Å². The molecular weight excluding hydrogens is 189 g/mol. The second-order valence-electron chi connectivity index (χ2n) is 4.21. The van der Waals surface area contributed by atoms with Crippen LogP contribution in [0.5, 0.6) is 0 Å². The summed E-state index contributed by atoms with van der Waals surface area (Å²) in [5.41, 5.74) is 0. The first kappa shape index (κ1) is 13.8. The molecule has 0 saturated carbocycles. The van der Waals surface area contributed by atoms with Crippen LogP contribution in [0, 0.1) is 11.8 Å². The maximum atomic E-state index is 13.3. The van der Waals surface area contributed by atoms with Crippen LogP contribution in [0.1, 0.15) is 47.0 Å². The van der Waals surface area contributed by atoms with Crippen LogP contribution >= 0.6 is 0 Å². The molecule has 86 valence electrons.